The lowest BCUT2D eigenvalue weighted by molar-refractivity contribution is 0.0952. The molecule has 0 aromatic carbocycles. The number of nitrogens with two attached hydrogens (primary N) is 1. The van der Waals surface area contributed by atoms with Crippen molar-refractivity contribution >= 4 is 28.3 Å². The normalized spacial score (nSPS) is 20.5. The Morgan fingerprint density at radius 2 is 2.05 bits per heavy atom. The second kappa shape index (κ2) is 5.81. The number of piperidine rings is 1. The molecular formula is C14H23N5OS. The van der Waals surface area contributed by atoms with Gasteiger partial charge < -0.3 is 20.9 Å². The predicted molar refractivity (Wildman–Crippen MR) is 85.9 cm³/mol. The summed E-state index contributed by atoms with van der Waals surface area (Å²) in [4.78, 5) is 16.9. The van der Waals surface area contributed by atoms with Gasteiger partial charge in [-0.25, -0.2) is 0 Å². The first-order valence-corrected chi connectivity index (χ1v) is 8.31. The van der Waals surface area contributed by atoms with Crippen molar-refractivity contribution in [3.05, 3.63) is 5.56 Å². The van der Waals surface area contributed by atoms with E-state index in [2.05, 4.69) is 33.6 Å². The van der Waals surface area contributed by atoms with Crippen LogP contribution in [0.1, 0.15) is 36.0 Å². The molecule has 7 heteroatoms. The lowest BCUT2D eigenvalue weighted by Crippen LogP contribution is -2.42. The SMILES string of the molecule is CN1CCC(N(C)c2snc(N)c2C(=O)NC2CC2)CC1. The van der Waals surface area contributed by atoms with E-state index in [0.717, 1.165) is 43.8 Å². The zero-order valence-corrected chi connectivity index (χ0v) is 13.4. The number of nitrogens with zero attached hydrogens (tertiary/aromatic N) is 3. The van der Waals surface area contributed by atoms with Crippen LogP contribution >= 0.6 is 11.5 Å². The van der Waals surface area contributed by atoms with Gasteiger partial charge in [-0.1, -0.05) is 0 Å². The van der Waals surface area contributed by atoms with Crippen LogP contribution in [0.5, 0.6) is 0 Å². The maximum absolute atomic E-state index is 12.4. The monoisotopic (exact) mass is 309 g/mol. The number of hydrogen-bond donors (Lipinski definition) is 2. The summed E-state index contributed by atoms with van der Waals surface area (Å²) in [6.45, 7) is 2.18. The van der Waals surface area contributed by atoms with Gasteiger partial charge in [0.05, 0.1) is 0 Å². The Labute approximate surface area is 129 Å². The number of amides is 1. The first kappa shape index (κ1) is 14.6. The van der Waals surface area contributed by atoms with E-state index in [1.807, 2.05) is 0 Å². The highest BCUT2D eigenvalue weighted by Gasteiger charge is 2.30. The third-order valence-corrected chi connectivity index (χ3v) is 5.35. The predicted octanol–water partition coefficient (Wildman–Crippen LogP) is 1.15. The van der Waals surface area contributed by atoms with Crippen molar-refractivity contribution in [2.24, 2.45) is 0 Å². The molecule has 2 heterocycles. The molecule has 2 fully saturated rings. The van der Waals surface area contributed by atoms with Gasteiger partial charge in [-0.2, -0.15) is 4.37 Å². The molecule has 1 aliphatic heterocycles. The Kier molecular flexibility index (Phi) is 4.03. The molecule has 0 spiro atoms. The van der Waals surface area contributed by atoms with Crippen molar-refractivity contribution in [1.82, 2.24) is 14.6 Å². The van der Waals surface area contributed by atoms with E-state index >= 15 is 0 Å². The largest absolute Gasteiger partial charge is 0.382 e. The minimum Gasteiger partial charge on any atom is -0.382 e. The number of rotatable bonds is 4. The molecule has 3 N–H and O–H groups in total. The summed E-state index contributed by atoms with van der Waals surface area (Å²) in [5.41, 5.74) is 6.49. The Bertz CT molecular complexity index is 519. The molecule has 116 valence electrons. The van der Waals surface area contributed by atoms with Crippen molar-refractivity contribution < 1.29 is 4.79 Å². The maximum atomic E-state index is 12.4. The van der Waals surface area contributed by atoms with Crippen molar-refractivity contribution in [2.75, 3.05) is 37.8 Å². The van der Waals surface area contributed by atoms with Crippen LogP contribution < -0.4 is 16.0 Å². The quantitative estimate of drug-likeness (QED) is 0.873. The number of nitrogens with one attached hydrogen (secondary N) is 1. The van der Waals surface area contributed by atoms with E-state index in [9.17, 15) is 4.79 Å². The molecule has 21 heavy (non-hydrogen) atoms. The summed E-state index contributed by atoms with van der Waals surface area (Å²) < 4.78 is 4.20. The second-order valence-corrected chi connectivity index (χ2v) is 6.89. The molecular weight excluding hydrogens is 286 g/mol. The van der Waals surface area contributed by atoms with Crippen LogP contribution in [0.2, 0.25) is 0 Å². The first-order chi connectivity index (χ1) is 10.1. The number of anilines is 2. The first-order valence-electron chi connectivity index (χ1n) is 7.53. The molecule has 6 nitrogen and oxygen atoms in total. The maximum Gasteiger partial charge on any atom is 0.258 e. The Hall–Kier alpha value is -1.34. The number of hydrogen-bond acceptors (Lipinski definition) is 6. The molecule has 3 rings (SSSR count). The fourth-order valence-electron chi connectivity index (χ4n) is 2.78. The number of aromatic nitrogens is 1. The van der Waals surface area contributed by atoms with E-state index in [1.54, 1.807) is 0 Å². The summed E-state index contributed by atoms with van der Waals surface area (Å²) in [5.74, 6) is 0.284. The number of carbonyl (C=O) groups is 1. The van der Waals surface area contributed by atoms with Crippen LogP contribution in [0, 0.1) is 0 Å². The molecule has 0 unspecified atom stereocenters. The lowest BCUT2D eigenvalue weighted by Gasteiger charge is -2.35. The summed E-state index contributed by atoms with van der Waals surface area (Å²) in [5, 5.41) is 3.92. The highest BCUT2D eigenvalue weighted by Crippen LogP contribution is 2.33. The van der Waals surface area contributed by atoms with Gasteiger partial charge in [-0.15, -0.1) is 0 Å². The van der Waals surface area contributed by atoms with Gasteiger partial charge in [0.25, 0.3) is 5.91 Å². The average molecular weight is 309 g/mol. The summed E-state index contributed by atoms with van der Waals surface area (Å²) in [6, 6.07) is 0.784. The minimum atomic E-state index is -0.0708. The number of carbonyl (C=O) groups excluding carboxylic acids is 1. The topological polar surface area (TPSA) is 74.5 Å². The summed E-state index contributed by atoms with van der Waals surface area (Å²) in [6.07, 6.45) is 4.36. The molecule has 1 aromatic rings. The van der Waals surface area contributed by atoms with Gasteiger partial charge in [0.15, 0.2) is 5.82 Å². The Balaban J connectivity index is 1.76. The van der Waals surface area contributed by atoms with Crippen LogP contribution in [0.25, 0.3) is 0 Å². The van der Waals surface area contributed by atoms with Gasteiger partial charge in [-0.05, 0) is 57.4 Å². The highest BCUT2D eigenvalue weighted by atomic mass is 32.1. The highest BCUT2D eigenvalue weighted by molar-refractivity contribution is 7.11. The van der Waals surface area contributed by atoms with Crippen LogP contribution in [0.15, 0.2) is 0 Å². The van der Waals surface area contributed by atoms with E-state index in [-0.39, 0.29) is 5.91 Å². The van der Waals surface area contributed by atoms with Crippen molar-refractivity contribution in [3.8, 4) is 0 Å². The van der Waals surface area contributed by atoms with Gasteiger partial charge >= 0.3 is 0 Å². The Morgan fingerprint density at radius 3 is 2.67 bits per heavy atom. The van der Waals surface area contributed by atoms with Crippen LogP contribution in [0.4, 0.5) is 10.8 Å². The molecule has 0 atom stereocenters. The van der Waals surface area contributed by atoms with Crippen molar-refractivity contribution in [2.45, 2.75) is 37.8 Å². The number of nitrogen functional groups attached to an aromatic ring is 1. The fourth-order valence-corrected chi connectivity index (χ4v) is 3.62. The molecule has 1 aliphatic carbocycles. The zero-order chi connectivity index (χ0) is 15.0. The molecule has 1 saturated carbocycles. The third-order valence-electron chi connectivity index (χ3n) is 4.40. The molecule has 1 saturated heterocycles. The van der Waals surface area contributed by atoms with E-state index in [0.29, 0.717) is 23.5 Å². The van der Waals surface area contributed by atoms with E-state index in [1.165, 1.54) is 11.5 Å². The molecule has 0 radical (unpaired) electrons. The molecule has 1 aromatic heterocycles. The van der Waals surface area contributed by atoms with Crippen LogP contribution in [0.3, 0.4) is 0 Å². The summed E-state index contributed by atoms with van der Waals surface area (Å²) >= 11 is 1.33. The second-order valence-electron chi connectivity index (χ2n) is 6.14. The van der Waals surface area contributed by atoms with Gasteiger partial charge in [0.2, 0.25) is 0 Å². The molecule has 2 aliphatic rings. The smallest absolute Gasteiger partial charge is 0.258 e. The average Bonchev–Trinajstić information content (AvgIpc) is 3.18. The van der Waals surface area contributed by atoms with Gasteiger partial charge in [-0.3, -0.25) is 4.79 Å². The standard InChI is InChI=1S/C14H23N5OS/c1-18-7-5-10(6-8-18)19(2)14-11(12(15)17-21-14)13(20)16-9-3-4-9/h9-10H,3-8H2,1-2H3,(H2,15,17)(H,16,20). The zero-order valence-electron chi connectivity index (χ0n) is 12.6. The lowest BCUT2D eigenvalue weighted by atomic mass is 10.0. The fraction of sp³-hybridized carbons (Fsp3) is 0.714. The third kappa shape index (κ3) is 3.13. The number of likely N-dealkylation sites (tertiary alicyclic amines) is 1. The Morgan fingerprint density at radius 1 is 1.38 bits per heavy atom. The van der Waals surface area contributed by atoms with Crippen molar-refractivity contribution in [3.63, 3.8) is 0 Å². The summed E-state index contributed by atoms with van der Waals surface area (Å²) in [7, 11) is 4.20. The van der Waals surface area contributed by atoms with Crippen molar-refractivity contribution in [1.29, 1.82) is 0 Å². The minimum absolute atomic E-state index is 0.0708. The van der Waals surface area contributed by atoms with E-state index < -0.39 is 0 Å². The van der Waals surface area contributed by atoms with Crippen LogP contribution in [-0.4, -0.2) is 54.4 Å². The van der Waals surface area contributed by atoms with Gasteiger partial charge in [0, 0.05) is 19.1 Å². The van der Waals surface area contributed by atoms with E-state index in [4.69, 9.17) is 5.73 Å². The molecule has 1 amide bonds. The molecule has 0 bridgehead atoms. The van der Waals surface area contributed by atoms with Gasteiger partial charge in [0.1, 0.15) is 10.6 Å². The van der Waals surface area contributed by atoms with Crippen LogP contribution in [-0.2, 0) is 0 Å².